The van der Waals surface area contributed by atoms with E-state index in [-0.39, 0.29) is 0 Å². The molecule has 1 heteroatoms. The van der Waals surface area contributed by atoms with Crippen LogP contribution < -0.4 is 5.32 Å². The molecule has 0 aromatic carbocycles. The Hall–Kier alpha value is -0.0400. The van der Waals surface area contributed by atoms with Crippen LogP contribution in [-0.2, 0) is 0 Å². The molecule has 1 rings (SSSR count). The zero-order valence-electron chi connectivity index (χ0n) is 15.0. The van der Waals surface area contributed by atoms with Gasteiger partial charge in [0.25, 0.3) is 0 Å². The van der Waals surface area contributed by atoms with Crippen molar-refractivity contribution in [3.8, 4) is 0 Å². The van der Waals surface area contributed by atoms with Gasteiger partial charge in [0.15, 0.2) is 0 Å². The number of nitrogens with one attached hydrogen (secondary N) is 1. The van der Waals surface area contributed by atoms with Crippen molar-refractivity contribution in [2.75, 3.05) is 6.54 Å². The molecule has 0 aromatic heterocycles. The molecule has 0 aromatic rings. The fourth-order valence-corrected chi connectivity index (χ4v) is 3.90. The Morgan fingerprint density at radius 2 is 1.48 bits per heavy atom. The summed E-state index contributed by atoms with van der Waals surface area (Å²) < 4.78 is 0. The largest absolute Gasteiger partial charge is 0.314 e. The van der Waals surface area contributed by atoms with Crippen LogP contribution in [0.3, 0.4) is 0 Å². The average molecular weight is 296 g/mol. The van der Waals surface area contributed by atoms with E-state index in [9.17, 15) is 0 Å². The lowest BCUT2D eigenvalue weighted by Crippen LogP contribution is -2.29. The summed E-state index contributed by atoms with van der Waals surface area (Å²) >= 11 is 0. The number of hydrogen-bond donors (Lipinski definition) is 1. The van der Waals surface area contributed by atoms with E-state index in [4.69, 9.17) is 0 Å². The van der Waals surface area contributed by atoms with E-state index in [0.717, 1.165) is 18.5 Å². The van der Waals surface area contributed by atoms with E-state index in [2.05, 4.69) is 19.2 Å². The normalized spacial score (nSPS) is 18.0. The van der Waals surface area contributed by atoms with Crippen LogP contribution in [0, 0.1) is 5.92 Å². The molecule has 21 heavy (non-hydrogen) atoms. The van der Waals surface area contributed by atoms with Gasteiger partial charge in [-0.3, -0.25) is 0 Å². The fraction of sp³-hybridized carbons (Fsp3) is 1.00. The van der Waals surface area contributed by atoms with E-state index < -0.39 is 0 Å². The molecule has 1 nitrogen and oxygen atoms in total. The average Bonchev–Trinajstić information content (AvgIpc) is 2.52. The van der Waals surface area contributed by atoms with Crippen LogP contribution in [0.2, 0.25) is 0 Å². The predicted octanol–water partition coefficient (Wildman–Crippen LogP) is 6.47. The zero-order valence-corrected chi connectivity index (χ0v) is 15.0. The van der Waals surface area contributed by atoms with Crippen LogP contribution in [0.25, 0.3) is 0 Å². The van der Waals surface area contributed by atoms with Gasteiger partial charge >= 0.3 is 0 Å². The summed E-state index contributed by atoms with van der Waals surface area (Å²) in [6, 6.07) is 0.799. The van der Waals surface area contributed by atoms with Crippen molar-refractivity contribution in [2.45, 2.75) is 116 Å². The quantitative estimate of drug-likeness (QED) is 0.384. The molecular weight excluding hydrogens is 254 g/mol. The molecule has 0 spiro atoms. The molecule has 0 saturated heterocycles. The van der Waals surface area contributed by atoms with Gasteiger partial charge in [0.1, 0.15) is 0 Å². The Labute approximate surface area is 134 Å². The topological polar surface area (TPSA) is 12.0 Å². The highest BCUT2D eigenvalue weighted by Gasteiger charge is 2.15. The molecule has 1 fully saturated rings. The van der Waals surface area contributed by atoms with Gasteiger partial charge in [-0.1, -0.05) is 90.9 Å². The molecule has 1 unspecified atom stereocenters. The second-order valence-corrected chi connectivity index (χ2v) is 7.25. The van der Waals surface area contributed by atoms with Crippen LogP contribution >= 0.6 is 0 Å². The van der Waals surface area contributed by atoms with Gasteiger partial charge in [0.2, 0.25) is 0 Å². The van der Waals surface area contributed by atoms with Crippen molar-refractivity contribution in [1.29, 1.82) is 0 Å². The first-order chi connectivity index (χ1) is 10.4. The lowest BCUT2D eigenvalue weighted by Gasteiger charge is -2.24. The molecule has 0 amide bonds. The van der Waals surface area contributed by atoms with Gasteiger partial charge in [-0.2, -0.15) is 0 Å². The second kappa shape index (κ2) is 13.6. The van der Waals surface area contributed by atoms with E-state index in [1.165, 1.54) is 96.3 Å². The third-order valence-corrected chi connectivity index (χ3v) is 5.30. The molecule has 0 bridgehead atoms. The fourth-order valence-electron chi connectivity index (χ4n) is 3.90. The minimum absolute atomic E-state index is 0.799. The monoisotopic (exact) mass is 295 g/mol. The third kappa shape index (κ3) is 10.3. The Morgan fingerprint density at radius 1 is 0.810 bits per heavy atom. The van der Waals surface area contributed by atoms with Crippen molar-refractivity contribution >= 4 is 0 Å². The molecule has 1 atom stereocenters. The van der Waals surface area contributed by atoms with Gasteiger partial charge < -0.3 is 5.32 Å². The first kappa shape index (κ1) is 19.0. The van der Waals surface area contributed by atoms with E-state index in [0.29, 0.717) is 0 Å². The Morgan fingerprint density at radius 3 is 2.14 bits per heavy atom. The van der Waals surface area contributed by atoms with Crippen molar-refractivity contribution < 1.29 is 0 Å². The maximum atomic E-state index is 3.73. The van der Waals surface area contributed by atoms with Crippen molar-refractivity contribution in [2.24, 2.45) is 5.92 Å². The summed E-state index contributed by atoms with van der Waals surface area (Å²) in [4.78, 5) is 0. The maximum absolute atomic E-state index is 3.73. The molecule has 1 aliphatic carbocycles. The maximum Gasteiger partial charge on any atom is 0.00670 e. The lowest BCUT2D eigenvalue weighted by atomic mass is 9.84. The third-order valence-electron chi connectivity index (χ3n) is 5.30. The molecule has 1 aliphatic rings. The van der Waals surface area contributed by atoms with Crippen molar-refractivity contribution in [1.82, 2.24) is 5.32 Å². The highest BCUT2D eigenvalue weighted by atomic mass is 14.9. The molecule has 1 N–H and O–H groups in total. The van der Waals surface area contributed by atoms with E-state index in [1.54, 1.807) is 0 Å². The Balaban J connectivity index is 2.02. The van der Waals surface area contributed by atoms with E-state index >= 15 is 0 Å². The molecule has 0 aliphatic heterocycles. The molecule has 0 radical (unpaired) electrons. The summed E-state index contributed by atoms with van der Waals surface area (Å²) in [5, 5.41) is 3.73. The van der Waals surface area contributed by atoms with Crippen molar-refractivity contribution in [3.63, 3.8) is 0 Å². The summed E-state index contributed by atoms with van der Waals surface area (Å²) in [6.07, 6.45) is 21.9. The first-order valence-corrected chi connectivity index (χ1v) is 10.1. The second-order valence-electron chi connectivity index (χ2n) is 7.25. The predicted molar refractivity (Wildman–Crippen MR) is 95.9 cm³/mol. The van der Waals surface area contributed by atoms with Gasteiger partial charge in [0, 0.05) is 6.04 Å². The molecule has 1 saturated carbocycles. The number of unbranched alkanes of at least 4 members (excludes halogenated alkanes) is 6. The van der Waals surface area contributed by atoms with Crippen LogP contribution in [0.5, 0.6) is 0 Å². The lowest BCUT2D eigenvalue weighted by molar-refractivity contribution is 0.307. The first-order valence-electron chi connectivity index (χ1n) is 10.1. The minimum Gasteiger partial charge on any atom is -0.314 e. The van der Waals surface area contributed by atoms with Crippen LogP contribution in [0.4, 0.5) is 0 Å². The van der Waals surface area contributed by atoms with Crippen LogP contribution in [0.15, 0.2) is 0 Å². The van der Waals surface area contributed by atoms with Crippen molar-refractivity contribution in [3.05, 3.63) is 0 Å². The molecule has 126 valence electrons. The van der Waals surface area contributed by atoms with Gasteiger partial charge in [-0.15, -0.1) is 0 Å². The minimum atomic E-state index is 0.799. The standard InChI is InChI=1S/C20H41N/c1-3-5-6-7-8-9-13-16-20(21-4-2)18-17-19-14-11-10-12-15-19/h19-21H,3-18H2,1-2H3. The van der Waals surface area contributed by atoms with E-state index in [1.807, 2.05) is 0 Å². The van der Waals surface area contributed by atoms with Crippen LogP contribution in [-0.4, -0.2) is 12.6 Å². The number of hydrogen-bond acceptors (Lipinski definition) is 1. The summed E-state index contributed by atoms with van der Waals surface area (Å²) in [6.45, 7) is 5.71. The smallest absolute Gasteiger partial charge is 0.00670 e. The highest BCUT2D eigenvalue weighted by Crippen LogP contribution is 2.28. The summed E-state index contributed by atoms with van der Waals surface area (Å²) in [5.74, 6) is 1.05. The summed E-state index contributed by atoms with van der Waals surface area (Å²) in [7, 11) is 0. The van der Waals surface area contributed by atoms with Gasteiger partial charge in [0.05, 0.1) is 0 Å². The molecule has 0 heterocycles. The van der Waals surface area contributed by atoms with Crippen LogP contribution in [0.1, 0.15) is 110 Å². The zero-order chi connectivity index (χ0) is 15.2. The SMILES string of the molecule is CCCCCCCCCC(CCC1CCCCC1)NCC. The Bertz CT molecular complexity index is 208. The Kier molecular flexibility index (Phi) is 12.3. The van der Waals surface area contributed by atoms with Gasteiger partial charge in [-0.25, -0.2) is 0 Å². The molecular formula is C20H41N. The number of rotatable bonds is 13. The highest BCUT2D eigenvalue weighted by molar-refractivity contribution is 4.72. The van der Waals surface area contributed by atoms with Gasteiger partial charge in [-0.05, 0) is 31.7 Å². The summed E-state index contributed by atoms with van der Waals surface area (Å²) in [5.41, 5.74) is 0.